The van der Waals surface area contributed by atoms with E-state index in [4.69, 9.17) is 9.47 Å². The van der Waals surface area contributed by atoms with E-state index < -0.39 is 36.4 Å². The molecule has 3 rings (SSSR count). The van der Waals surface area contributed by atoms with Crippen molar-refractivity contribution in [1.82, 2.24) is 4.90 Å². The highest BCUT2D eigenvalue weighted by Gasteiger charge is 2.41. The van der Waals surface area contributed by atoms with Gasteiger partial charge >= 0.3 is 6.09 Å². The minimum atomic E-state index is -1.09. The number of rotatable bonds is 5. The summed E-state index contributed by atoms with van der Waals surface area (Å²) in [6, 6.07) is 12.4. The molecule has 0 aliphatic carbocycles. The highest BCUT2D eigenvalue weighted by atomic mass is 19.1. The van der Waals surface area contributed by atoms with Crippen molar-refractivity contribution in [2.75, 3.05) is 20.3 Å². The van der Waals surface area contributed by atoms with Crippen LogP contribution in [0.1, 0.15) is 23.1 Å². The molecule has 1 saturated heterocycles. The van der Waals surface area contributed by atoms with E-state index in [9.17, 15) is 19.1 Å². The molecule has 0 radical (unpaired) electrons. The van der Waals surface area contributed by atoms with Crippen molar-refractivity contribution in [3.8, 4) is 5.75 Å². The number of carbonyl (C=O) groups excluding carboxylic acids is 2. The van der Waals surface area contributed by atoms with Crippen LogP contribution < -0.4 is 4.74 Å². The van der Waals surface area contributed by atoms with Gasteiger partial charge in [0.25, 0.3) is 0 Å². The normalized spacial score (nSPS) is 17.7. The summed E-state index contributed by atoms with van der Waals surface area (Å²) >= 11 is 0. The van der Waals surface area contributed by atoms with Crippen molar-refractivity contribution < 1.29 is 28.6 Å². The Hall–Kier alpha value is -2.93. The molecule has 1 N–H and O–H groups in total. The first-order chi connectivity index (χ1) is 12.6. The fraction of sp³-hybridized carbons (Fsp3) is 0.263. The van der Waals surface area contributed by atoms with Crippen LogP contribution in [0, 0.1) is 5.82 Å². The maximum Gasteiger partial charge on any atom is 0.417 e. The minimum absolute atomic E-state index is 0.0284. The molecule has 0 unspecified atom stereocenters. The van der Waals surface area contributed by atoms with Gasteiger partial charge in [-0.15, -0.1) is 0 Å². The van der Waals surface area contributed by atoms with Gasteiger partial charge in [0.2, 0.25) is 5.91 Å². The zero-order valence-corrected chi connectivity index (χ0v) is 14.1. The number of halogens is 1. The predicted octanol–water partition coefficient (Wildman–Crippen LogP) is 2.63. The number of benzene rings is 2. The van der Waals surface area contributed by atoms with Crippen molar-refractivity contribution >= 4 is 12.0 Å². The van der Waals surface area contributed by atoms with E-state index in [0.29, 0.717) is 0 Å². The van der Waals surface area contributed by atoms with Crippen LogP contribution in [0.4, 0.5) is 9.18 Å². The number of cyclic esters (lactones) is 1. The van der Waals surface area contributed by atoms with Gasteiger partial charge in [-0.25, -0.2) is 14.1 Å². The number of ether oxygens (including phenoxy) is 2. The number of nitrogens with zero attached hydrogens (tertiary/aromatic N) is 1. The molecule has 2 amide bonds. The number of methoxy groups -OCH3 is 1. The van der Waals surface area contributed by atoms with Crippen molar-refractivity contribution in [1.29, 1.82) is 0 Å². The summed E-state index contributed by atoms with van der Waals surface area (Å²) in [5.41, 5.74) is 0.992. The third-order valence-electron chi connectivity index (χ3n) is 4.35. The molecule has 2 aromatic rings. The number of aliphatic hydroxyl groups is 1. The maximum atomic E-state index is 14.0. The van der Waals surface area contributed by atoms with E-state index >= 15 is 0 Å². The minimum Gasteiger partial charge on any atom is -0.494 e. The van der Waals surface area contributed by atoms with Crippen molar-refractivity contribution in [3.63, 3.8) is 0 Å². The molecule has 0 saturated carbocycles. The van der Waals surface area contributed by atoms with Gasteiger partial charge in [-0.2, -0.15) is 0 Å². The summed E-state index contributed by atoms with van der Waals surface area (Å²) in [6.07, 6.45) is -0.781. The number of hydrogen-bond acceptors (Lipinski definition) is 5. The lowest BCUT2D eigenvalue weighted by Gasteiger charge is -2.24. The van der Waals surface area contributed by atoms with Gasteiger partial charge in [0, 0.05) is 0 Å². The molecule has 1 fully saturated rings. The van der Waals surface area contributed by atoms with E-state index in [1.807, 2.05) is 6.07 Å². The summed E-state index contributed by atoms with van der Waals surface area (Å²) < 4.78 is 23.9. The largest absolute Gasteiger partial charge is 0.494 e. The van der Waals surface area contributed by atoms with Gasteiger partial charge in [-0.05, 0) is 23.3 Å². The Labute approximate surface area is 149 Å². The van der Waals surface area contributed by atoms with Gasteiger partial charge in [-0.3, -0.25) is 4.79 Å². The Kier molecular flexibility index (Phi) is 5.18. The second-order valence-electron chi connectivity index (χ2n) is 5.84. The average Bonchev–Trinajstić information content (AvgIpc) is 3.04. The molecule has 6 nitrogen and oxygen atoms in total. The van der Waals surface area contributed by atoms with Crippen LogP contribution in [-0.2, 0) is 9.53 Å². The Morgan fingerprint density at radius 1 is 1.35 bits per heavy atom. The highest BCUT2D eigenvalue weighted by molar-refractivity contribution is 5.97. The SMILES string of the molecule is COc1ccc([C@@H](CO)C(=O)N2C(=O)OC[C@H]2c2ccccc2)cc1F. The van der Waals surface area contributed by atoms with E-state index in [1.165, 1.54) is 19.2 Å². The third-order valence-corrected chi connectivity index (χ3v) is 4.35. The summed E-state index contributed by atoms with van der Waals surface area (Å²) in [6.45, 7) is -0.542. The number of imide groups is 1. The molecular formula is C19H18FNO5. The first-order valence-corrected chi connectivity index (χ1v) is 8.06. The first-order valence-electron chi connectivity index (χ1n) is 8.06. The van der Waals surface area contributed by atoms with Crippen molar-refractivity contribution in [3.05, 3.63) is 65.5 Å². The predicted molar refractivity (Wildman–Crippen MR) is 90.2 cm³/mol. The molecular weight excluding hydrogens is 341 g/mol. The van der Waals surface area contributed by atoms with Crippen LogP contribution in [0.5, 0.6) is 5.75 Å². The number of aliphatic hydroxyl groups excluding tert-OH is 1. The molecule has 136 valence electrons. The molecule has 0 aromatic heterocycles. The Morgan fingerprint density at radius 2 is 2.08 bits per heavy atom. The average molecular weight is 359 g/mol. The van der Waals surface area contributed by atoms with Crippen LogP contribution in [0.2, 0.25) is 0 Å². The zero-order valence-electron chi connectivity index (χ0n) is 14.1. The van der Waals surface area contributed by atoms with E-state index in [2.05, 4.69) is 0 Å². The quantitative estimate of drug-likeness (QED) is 0.888. The summed E-state index contributed by atoms with van der Waals surface area (Å²) in [5, 5.41) is 9.72. The Morgan fingerprint density at radius 3 is 2.69 bits per heavy atom. The molecule has 7 heteroatoms. The van der Waals surface area contributed by atoms with Gasteiger partial charge in [0.15, 0.2) is 11.6 Å². The van der Waals surface area contributed by atoms with Crippen LogP contribution in [-0.4, -0.2) is 42.3 Å². The number of amides is 2. The van der Waals surface area contributed by atoms with E-state index in [-0.39, 0.29) is 17.9 Å². The second-order valence-corrected chi connectivity index (χ2v) is 5.84. The Bertz CT molecular complexity index is 811. The lowest BCUT2D eigenvalue weighted by Crippen LogP contribution is -2.39. The Balaban J connectivity index is 1.91. The molecule has 1 heterocycles. The van der Waals surface area contributed by atoms with Crippen LogP contribution in [0.3, 0.4) is 0 Å². The number of hydrogen-bond donors (Lipinski definition) is 1. The summed E-state index contributed by atoms with van der Waals surface area (Å²) in [4.78, 5) is 26.1. The smallest absolute Gasteiger partial charge is 0.417 e. The van der Waals surface area contributed by atoms with Crippen LogP contribution >= 0.6 is 0 Å². The third kappa shape index (κ3) is 3.25. The molecule has 2 atom stereocenters. The van der Waals surface area contributed by atoms with E-state index in [0.717, 1.165) is 16.5 Å². The molecule has 0 bridgehead atoms. The molecule has 26 heavy (non-hydrogen) atoms. The maximum absolute atomic E-state index is 14.0. The summed E-state index contributed by atoms with van der Waals surface area (Å²) in [5.74, 6) is -2.36. The fourth-order valence-corrected chi connectivity index (χ4v) is 2.98. The van der Waals surface area contributed by atoms with Gasteiger partial charge < -0.3 is 14.6 Å². The zero-order chi connectivity index (χ0) is 18.7. The molecule has 0 spiro atoms. The highest BCUT2D eigenvalue weighted by Crippen LogP contribution is 2.32. The van der Waals surface area contributed by atoms with Gasteiger partial charge in [-0.1, -0.05) is 36.4 Å². The fourth-order valence-electron chi connectivity index (χ4n) is 2.98. The van der Waals surface area contributed by atoms with Crippen molar-refractivity contribution in [2.45, 2.75) is 12.0 Å². The number of carbonyl (C=O) groups is 2. The lowest BCUT2D eigenvalue weighted by atomic mass is 9.96. The van der Waals surface area contributed by atoms with E-state index in [1.54, 1.807) is 24.3 Å². The lowest BCUT2D eigenvalue weighted by molar-refractivity contribution is -0.131. The van der Waals surface area contributed by atoms with Crippen molar-refractivity contribution in [2.24, 2.45) is 0 Å². The molecule has 2 aromatic carbocycles. The van der Waals surface area contributed by atoms with Crippen LogP contribution in [0.15, 0.2) is 48.5 Å². The van der Waals surface area contributed by atoms with Crippen LogP contribution in [0.25, 0.3) is 0 Å². The molecule has 1 aliphatic rings. The monoisotopic (exact) mass is 359 g/mol. The first kappa shape index (κ1) is 17.9. The second kappa shape index (κ2) is 7.53. The van der Waals surface area contributed by atoms with Gasteiger partial charge in [0.1, 0.15) is 12.6 Å². The summed E-state index contributed by atoms with van der Waals surface area (Å²) in [7, 11) is 1.33. The topological polar surface area (TPSA) is 76.1 Å². The standard InChI is InChI=1S/C19H18FNO5/c1-25-17-8-7-13(9-15(17)20)14(10-22)18(23)21-16(11-26-19(21)24)12-5-3-2-4-6-12/h2-9,14,16,22H,10-11H2,1H3/t14-,16+/m1/s1. The van der Waals surface area contributed by atoms with Gasteiger partial charge in [0.05, 0.1) is 19.6 Å². The molecule has 1 aliphatic heterocycles.